The summed E-state index contributed by atoms with van der Waals surface area (Å²) in [4.78, 5) is 0.148. The average Bonchev–Trinajstić information content (AvgIpc) is 2.00. The molecule has 2 N–H and O–H groups in total. The van der Waals surface area contributed by atoms with Crippen LogP contribution in [0.5, 0.6) is 5.75 Å². The molecule has 1 aromatic rings. The predicted octanol–water partition coefficient (Wildman–Crippen LogP) is 1.47. The van der Waals surface area contributed by atoms with Crippen molar-refractivity contribution in [1.82, 2.24) is 4.72 Å². The van der Waals surface area contributed by atoms with Crippen LogP contribution in [0.3, 0.4) is 0 Å². The first-order valence-corrected chi connectivity index (χ1v) is 6.02. The molecule has 0 atom stereocenters. The maximum Gasteiger partial charge on any atom is 0.241 e. The first kappa shape index (κ1) is 12.0. The molecule has 0 aromatic heterocycles. The number of phenols is 1. The molecule has 0 amide bonds. The molecule has 0 aliphatic carbocycles. The van der Waals surface area contributed by atoms with E-state index in [0.29, 0.717) is 0 Å². The van der Waals surface area contributed by atoms with Gasteiger partial charge in [-0.25, -0.2) is 13.1 Å². The number of aromatic hydroxyl groups is 1. The summed E-state index contributed by atoms with van der Waals surface area (Å²) in [5.74, 6) is 0.0460. The van der Waals surface area contributed by atoms with Crippen LogP contribution in [0.4, 0.5) is 0 Å². The summed E-state index contributed by atoms with van der Waals surface area (Å²) in [5.41, 5.74) is -0.517. The number of hydrogen-bond donors (Lipinski definition) is 2. The van der Waals surface area contributed by atoms with Crippen LogP contribution in [-0.4, -0.2) is 19.1 Å². The average molecular weight is 229 g/mol. The standard InChI is InChI=1S/C10H15NO3S/c1-10(2,3)11-15(13,14)9-6-4-8(12)5-7-9/h4-7,11-12H,1-3H3. The number of rotatable bonds is 2. The molecule has 0 aliphatic rings. The third-order valence-electron chi connectivity index (χ3n) is 1.59. The van der Waals surface area contributed by atoms with E-state index < -0.39 is 15.6 Å². The van der Waals surface area contributed by atoms with E-state index in [0.717, 1.165) is 0 Å². The van der Waals surface area contributed by atoms with Crippen molar-refractivity contribution in [2.24, 2.45) is 0 Å². The maximum absolute atomic E-state index is 11.8. The molecule has 0 fully saturated rings. The fourth-order valence-corrected chi connectivity index (χ4v) is 2.51. The normalized spacial score (nSPS) is 12.7. The largest absolute Gasteiger partial charge is 0.508 e. The molecule has 5 heteroatoms. The molecule has 1 aromatic carbocycles. The zero-order valence-corrected chi connectivity index (χ0v) is 9.80. The molecule has 4 nitrogen and oxygen atoms in total. The van der Waals surface area contributed by atoms with Crippen molar-refractivity contribution in [3.05, 3.63) is 24.3 Å². The second-order valence-electron chi connectivity index (χ2n) is 4.35. The molecular formula is C10H15NO3S. The quantitative estimate of drug-likeness (QED) is 0.807. The summed E-state index contributed by atoms with van der Waals surface area (Å²) in [6.45, 7) is 5.31. The molecule has 0 saturated heterocycles. The lowest BCUT2D eigenvalue weighted by Crippen LogP contribution is -2.40. The van der Waals surface area contributed by atoms with E-state index in [2.05, 4.69) is 4.72 Å². The lowest BCUT2D eigenvalue weighted by Gasteiger charge is -2.20. The molecule has 0 heterocycles. The smallest absolute Gasteiger partial charge is 0.241 e. The van der Waals surface area contributed by atoms with Crippen LogP contribution >= 0.6 is 0 Å². The second kappa shape index (κ2) is 3.83. The van der Waals surface area contributed by atoms with E-state index in [9.17, 15) is 8.42 Å². The van der Waals surface area contributed by atoms with E-state index in [1.807, 2.05) is 0 Å². The lowest BCUT2D eigenvalue weighted by atomic mass is 10.1. The van der Waals surface area contributed by atoms with Gasteiger partial charge in [0, 0.05) is 5.54 Å². The van der Waals surface area contributed by atoms with Crippen molar-refractivity contribution in [2.75, 3.05) is 0 Å². The molecule has 0 radical (unpaired) electrons. The second-order valence-corrected chi connectivity index (χ2v) is 6.03. The zero-order valence-electron chi connectivity index (χ0n) is 8.98. The summed E-state index contributed by atoms with van der Waals surface area (Å²) < 4.78 is 26.1. The van der Waals surface area contributed by atoms with Gasteiger partial charge in [0.2, 0.25) is 10.0 Å². The van der Waals surface area contributed by atoms with E-state index in [4.69, 9.17) is 5.11 Å². The van der Waals surface area contributed by atoms with Gasteiger partial charge in [-0.2, -0.15) is 0 Å². The minimum atomic E-state index is -3.50. The molecule has 0 unspecified atom stereocenters. The molecule has 15 heavy (non-hydrogen) atoms. The van der Waals surface area contributed by atoms with E-state index in [-0.39, 0.29) is 10.6 Å². The first-order valence-electron chi connectivity index (χ1n) is 4.54. The number of benzene rings is 1. The number of sulfonamides is 1. The van der Waals surface area contributed by atoms with Crippen LogP contribution in [0.2, 0.25) is 0 Å². The van der Waals surface area contributed by atoms with Crippen molar-refractivity contribution >= 4 is 10.0 Å². The Hall–Kier alpha value is -1.07. The van der Waals surface area contributed by atoms with E-state index >= 15 is 0 Å². The van der Waals surface area contributed by atoms with Gasteiger partial charge in [-0.3, -0.25) is 0 Å². The van der Waals surface area contributed by atoms with Crippen molar-refractivity contribution in [3.8, 4) is 5.75 Å². The topological polar surface area (TPSA) is 66.4 Å². The van der Waals surface area contributed by atoms with E-state index in [1.165, 1.54) is 24.3 Å². The highest BCUT2D eigenvalue weighted by atomic mass is 32.2. The number of phenolic OH excluding ortho intramolecular Hbond substituents is 1. The minimum absolute atomic E-state index is 0.0460. The van der Waals surface area contributed by atoms with Gasteiger partial charge in [-0.05, 0) is 45.0 Å². The van der Waals surface area contributed by atoms with Crippen molar-refractivity contribution in [3.63, 3.8) is 0 Å². The van der Waals surface area contributed by atoms with Gasteiger partial charge in [0.1, 0.15) is 5.75 Å². The van der Waals surface area contributed by atoms with Crippen LogP contribution in [-0.2, 0) is 10.0 Å². The Bertz CT molecular complexity index is 429. The Balaban J connectivity index is 3.02. The highest BCUT2D eigenvalue weighted by Gasteiger charge is 2.21. The van der Waals surface area contributed by atoms with Gasteiger partial charge in [-0.1, -0.05) is 0 Å². The van der Waals surface area contributed by atoms with Crippen LogP contribution in [0.1, 0.15) is 20.8 Å². The molecule has 84 valence electrons. The van der Waals surface area contributed by atoms with Crippen LogP contribution in [0, 0.1) is 0 Å². The maximum atomic E-state index is 11.8. The summed E-state index contributed by atoms with van der Waals surface area (Å²) in [7, 11) is -3.50. The fourth-order valence-electron chi connectivity index (χ4n) is 1.09. The van der Waals surface area contributed by atoms with Crippen molar-refractivity contribution < 1.29 is 13.5 Å². The minimum Gasteiger partial charge on any atom is -0.508 e. The summed E-state index contributed by atoms with van der Waals surface area (Å²) in [6, 6.07) is 5.42. The Labute approximate surface area is 90.0 Å². The molecule has 1 rings (SSSR count). The van der Waals surface area contributed by atoms with Crippen LogP contribution < -0.4 is 4.72 Å². The summed E-state index contributed by atoms with van der Waals surface area (Å²) in [5, 5.41) is 9.04. The zero-order chi connectivity index (χ0) is 11.7. The van der Waals surface area contributed by atoms with Gasteiger partial charge in [0.05, 0.1) is 4.90 Å². The third kappa shape index (κ3) is 3.53. The molecular weight excluding hydrogens is 214 g/mol. The third-order valence-corrected chi connectivity index (χ3v) is 3.36. The van der Waals surface area contributed by atoms with Crippen LogP contribution in [0.25, 0.3) is 0 Å². The molecule has 0 saturated carbocycles. The van der Waals surface area contributed by atoms with Gasteiger partial charge < -0.3 is 5.11 Å². The fraction of sp³-hybridized carbons (Fsp3) is 0.400. The summed E-state index contributed by atoms with van der Waals surface area (Å²) >= 11 is 0. The highest BCUT2D eigenvalue weighted by molar-refractivity contribution is 7.89. The summed E-state index contributed by atoms with van der Waals surface area (Å²) in [6.07, 6.45) is 0. The van der Waals surface area contributed by atoms with Gasteiger partial charge in [0.15, 0.2) is 0 Å². The number of nitrogens with one attached hydrogen (secondary N) is 1. The van der Waals surface area contributed by atoms with Crippen molar-refractivity contribution in [2.45, 2.75) is 31.2 Å². The van der Waals surface area contributed by atoms with Gasteiger partial charge in [0.25, 0.3) is 0 Å². The highest BCUT2D eigenvalue weighted by Crippen LogP contribution is 2.16. The predicted molar refractivity (Wildman–Crippen MR) is 58.2 cm³/mol. The number of hydrogen-bond acceptors (Lipinski definition) is 3. The van der Waals surface area contributed by atoms with E-state index in [1.54, 1.807) is 20.8 Å². The molecule has 0 bridgehead atoms. The Morgan fingerprint density at radius 2 is 1.60 bits per heavy atom. The van der Waals surface area contributed by atoms with Crippen molar-refractivity contribution in [1.29, 1.82) is 0 Å². The Morgan fingerprint density at radius 1 is 1.13 bits per heavy atom. The first-order chi connectivity index (χ1) is 6.71. The Kier molecular flexibility index (Phi) is 3.06. The van der Waals surface area contributed by atoms with Crippen LogP contribution in [0.15, 0.2) is 29.2 Å². The monoisotopic (exact) mass is 229 g/mol. The lowest BCUT2D eigenvalue weighted by molar-refractivity contribution is 0.474. The molecule has 0 aliphatic heterocycles. The van der Waals surface area contributed by atoms with Gasteiger partial charge in [-0.15, -0.1) is 0 Å². The SMILES string of the molecule is CC(C)(C)NS(=O)(=O)c1ccc(O)cc1. The molecule has 0 spiro atoms. The van der Waals surface area contributed by atoms with Gasteiger partial charge >= 0.3 is 0 Å². The Morgan fingerprint density at radius 3 is 2.00 bits per heavy atom.